The second-order valence-electron chi connectivity index (χ2n) is 5.92. The Morgan fingerprint density at radius 2 is 1.57 bits per heavy atom. The first-order valence-corrected chi connectivity index (χ1v) is 8.14. The third-order valence-corrected chi connectivity index (χ3v) is 3.67. The summed E-state index contributed by atoms with van der Waals surface area (Å²) in [6, 6.07) is 9.04. The van der Waals surface area contributed by atoms with E-state index in [1.807, 2.05) is 30.5 Å². The van der Waals surface area contributed by atoms with Crippen LogP contribution in [0.25, 0.3) is 5.69 Å². The molecule has 2 N–H and O–H groups in total. The maximum atomic E-state index is 12.0. The van der Waals surface area contributed by atoms with Crippen molar-refractivity contribution in [3.63, 3.8) is 0 Å². The number of nitrogens with zero attached hydrogens (tertiary/aromatic N) is 1. The summed E-state index contributed by atoms with van der Waals surface area (Å²) < 4.78 is 42.6. The summed E-state index contributed by atoms with van der Waals surface area (Å²) in [4.78, 5) is 34.6. The van der Waals surface area contributed by atoms with Gasteiger partial charge in [-0.1, -0.05) is 0 Å². The number of alkyl halides is 3. The zero-order valence-corrected chi connectivity index (χ0v) is 15.1. The minimum Gasteiger partial charge on any atom is -0.452 e. The van der Waals surface area contributed by atoms with Crippen LogP contribution in [0.15, 0.2) is 36.4 Å². The first-order valence-electron chi connectivity index (χ1n) is 8.14. The van der Waals surface area contributed by atoms with Gasteiger partial charge in [-0.25, -0.2) is 9.59 Å². The number of rotatable bonds is 5. The van der Waals surface area contributed by atoms with Crippen molar-refractivity contribution < 1.29 is 32.3 Å². The molecular weight excluding hydrogens is 379 g/mol. The third-order valence-electron chi connectivity index (χ3n) is 3.67. The average molecular weight is 397 g/mol. The lowest BCUT2D eigenvalue weighted by molar-refractivity contribution is -0.125. The van der Waals surface area contributed by atoms with Crippen molar-refractivity contribution in [2.24, 2.45) is 0 Å². The highest BCUT2D eigenvalue weighted by molar-refractivity contribution is 5.97. The smallest absolute Gasteiger partial charge is 0.405 e. The molecule has 0 spiro atoms. The molecule has 0 saturated heterocycles. The Hall–Kier alpha value is -3.30. The highest BCUT2D eigenvalue weighted by Gasteiger charge is 2.28. The number of imide groups is 1. The molecule has 0 fully saturated rings. The molecule has 1 aromatic carbocycles. The Balaban J connectivity index is 1.86. The van der Waals surface area contributed by atoms with Gasteiger partial charge in [0.1, 0.15) is 6.54 Å². The van der Waals surface area contributed by atoms with E-state index in [4.69, 9.17) is 4.74 Å². The van der Waals surface area contributed by atoms with Crippen molar-refractivity contribution in [1.29, 1.82) is 0 Å². The number of amides is 3. The molecule has 0 aliphatic rings. The predicted octanol–water partition coefficient (Wildman–Crippen LogP) is 2.64. The molecule has 150 valence electrons. The van der Waals surface area contributed by atoms with Gasteiger partial charge in [-0.2, -0.15) is 13.2 Å². The molecular formula is C18H18F3N3O4. The highest BCUT2D eigenvalue weighted by atomic mass is 19.4. The number of nitrogens with one attached hydrogen (secondary N) is 2. The first-order chi connectivity index (χ1) is 13.1. The zero-order chi connectivity index (χ0) is 20.9. The van der Waals surface area contributed by atoms with Crippen LogP contribution in [-0.2, 0) is 9.53 Å². The van der Waals surface area contributed by atoms with Crippen LogP contribution in [-0.4, -0.2) is 41.8 Å². The van der Waals surface area contributed by atoms with Gasteiger partial charge in [-0.05, 0) is 50.2 Å². The third kappa shape index (κ3) is 5.86. The summed E-state index contributed by atoms with van der Waals surface area (Å²) in [6.45, 7) is 1.49. The van der Waals surface area contributed by atoms with E-state index >= 15 is 0 Å². The molecule has 7 nitrogen and oxygen atoms in total. The highest BCUT2D eigenvalue weighted by Crippen LogP contribution is 2.17. The molecule has 28 heavy (non-hydrogen) atoms. The van der Waals surface area contributed by atoms with E-state index in [0.29, 0.717) is 0 Å². The van der Waals surface area contributed by atoms with Crippen LogP contribution in [0, 0.1) is 13.8 Å². The molecule has 0 unspecified atom stereocenters. The lowest BCUT2D eigenvalue weighted by Crippen LogP contribution is -2.44. The van der Waals surface area contributed by atoms with E-state index in [2.05, 4.69) is 0 Å². The number of benzene rings is 1. The van der Waals surface area contributed by atoms with Crippen molar-refractivity contribution in [2.45, 2.75) is 20.0 Å². The van der Waals surface area contributed by atoms with Gasteiger partial charge in [0.15, 0.2) is 6.61 Å². The number of aryl methyl sites for hydroxylation is 2. The van der Waals surface area contributed by atoms with Gasteiger partial charge in [0.05, 0.1) is 5.56 Å². The van der Waals surface area contributed by atoms with Crippen LogP contribution in [0.3, 0.4) is 0 Å². The van der Waals surface area contributed by atoms with E-state index in [9.17, 15) is 27.6 Å². The number of urea groups is 1. The largest absolute Gasteiger partial charge is 0.452 e. The Kier molecular flexibility index (Phi) is 6.45. The normalized spacial score (nSPS) is 11.0. The van der Waals surface area contributed by atoms with Gasteiger partial charge in [0, 0.05) is 17.1 Å². The fourth-order valence-electron chi connectivity index (χ4n) is 2.42. The summed E-state index contributed by atoms with van der Waals surface area (Å²) in [5.74, 6) is -1.86. The Morgan fingerprint density at radius 3 is 2.11 bits per heavy atom. The monoisotopic (exact) mass is 397 g/mol. The number of halogens is 3. The van der Waals surface area contributed by atoms with E-state index in [1.165, 1.54) is 17.4 Å². The van der Waals surface area contributed by atoms with E-state index in [-0.39, 0.29) is 5.56 Å². The number of carbonyl (C=O) groups excluding carboxylic acids is 3. The number of carbonyl (C=O) groups is 3. The van der Waals surface area contributed by atoms with Crippen molar-refractivity contribution in [2.75, 3.05) is 13.2 Å². The molecule has 10 heteroatoms. The van der Waals surface area contributed by atoms with Crippen molar-refractivity contribution in [3.8, 4) is 5.69 Å². The van der Waals surface area contributed by atoms with Gasteiger partial charge in [-0.15, -0.1) is 0 Å². The predicted molar refractivity (Wildman–Crippen MR) is 93.1 cm³/mol. The summed E-state index contributed by atoms with van der Waals surface area (Å²) in [5.41, 5.74) is 3.07. The number of aromatic nitrogens is 1. The number of ether oxygens (including phenoxy) is 1. The molecule has 0 aliphatic carbocycles. The quantitative estimate of drug-likeness (QED) is 0.759. The Labute approximate surface area is 158 Å². The van der Waals surface area contributed by atoms with Crippen molar-refractivity contribution >= 4 is 17.9 Å². The van der Waals surface area contributed by atoms with Crippen LogP contribution in [0.5, 0.6) is 0 Å². The lowest BCUT2D eigenvalue weighted by atomic mass is 10.2. The first kappa shape index (κ1) is 21.0. The van der Waals surface area contributed by atoms with Gasteiger partial charge in [0.25, 0.3) is 5.91 Å². The van der Waals surface area contributed by atoms with Gasteiger partial charge in [-0.3, -0.25) is 10.1 Å². The Bertz CT molecular complexity index is 854. The minimum absolute atomic E-state index is 0.181. The number of hydrogen-bond acceptors (Lipinski definition) is 4. The molecule has 2 rings (SSSR count). The van der Waals surface area contributed by atoms with Gasteiger partial charge < -0.3 is 14.6 Å². The molecule has 0 radical (unpaired) electrons. The molecule has 0 aliphatic heterocycles. The minimum atomic E-state index is -4.60. The van der Waals surface area contributed by atoms with E-state index < -0.39 is 37.2 Å². The molecule has 3 amide bonds. The SMILES string of the molecule is Cc1ccc(C)n1-c1ccc(C(=O)OCC(=O)NC(=O)NCC(F)(F)F)cc1. The average Bonchev–Trinajstić information content (AvgIpc) is 2.96. The number of esters is 1. The van der Waals surface area contributed by atoms with Crippen LogP contribution in [0.2, 0.25) is 0 Å². The zero-order valence-electron chi connectivity index (χ0n) is 15.1. The molecule has 2 aromatic rings. The topological polar surface area (TPSA) is 89.4 Å². The second-order valence-corrected chi connectivity index (χ2v) is 5.92. The standard InChI is InChI=1S/C18H18F3N3O4/c1-11-3-4-12(2)24(11)14-7-5-13(6-8-14)16(26)28-9-15(25)23-17(27)22-10-18(19,20)21/h3-8H,9-10H2,1-2H3,(H2,22,23,25,27). The Morgan fingerprint density at radius 1 is 1.00 bits per heavy atom. The number of hydrogen-bond donors (Lipinski definition) is 2. The van der Waals surface area contributed by atoms with Crippen LogP contribution >= 0.6 is 0 Å². The van der Waals surface area contributed by atoms with Crippen molar-refractivity contribution in [1.82, 2.24) is 15.2 Å². The van der Waals surface area contributed by atoms with Gasteiger partial charge in [0.2, 0.25) is 0 Å². The van der Waals surface area contributed by atoms with Crippen LogP contribution < -0.4 is 10.6 Å². The molecule has 1 heterocycles. The maximum Gasteiger partial charge on any atom is 0.405 e. The second kappa shape index (κ2) is 8.59. The fraction of sp³-hybridized carbons (Fsp3) is 0.278. The molecule has 0 atom stereocenters. The van der Waals surface area contributed by atoms with E-state index in [0.717, 1.165) is 17.1 Å². The summed E-state index contributed by atoms with van der Waals surface area (Å²) in [6.07, 6.45) is -4.60. The van der Waals surface area contributed by atoms with E-state index in [1.54, 1.807) is 17.4 Å². The van der Waals surface area contributed by atoms with Crippen LogP contribution in [0.1, 0.15) is 21.7 Å². The summed E-state index contributed by atoms with van der Waals surface area (Å²) in [5, 5.41) is 3.09. The van der Waals surface area contributed by atoms with Gasteiger partial charge >= 0.3 is 18.2 Å². The summed E-state index contributed by atoms with van der Waals surface area (Å²) in [7, 11) is 0. The lowest BCUT2D eigenvalue weighted by Gasteiger charge is -2.11. The fourth-order valence-corrected chi connectivity index (χ4v) is 2.42. The summed E-state index contributed by atoms with van der Waals surface area (Å²) >= 11 is 0. The van der Waals surface area contributed by atoms with Crippen molar-refractivity contribution in [3.05, 3.63) is 53.3 Å². The van der Waals surface area contributed by atoms with Crippen LogP contribution in [0.4, 0.5) is 18.0 Å². The molecule has 0 bridgehead atoms. The molecule has 1 aromatic heterocycles. The maximum absolute atomic E-state index is 12.0. The molecule has 0 saturated carbocycles.